The van der Waals surface area contributed by atoms with Crippen LogP contribution in [0.5, 0.6) is 5.75 Å². The molecule has 0 saturated carbocycles. The third-order valence-corrected chi connectivity index (χ3v) is 1.98. The van der Waals surface area contributed by atoms with E-state index in [4.69, 9.17) is 9.99 Å². The normalized spacial score (nSPS) is 9.87. The summed E-state index contributed by atoms with van der Waals surface area (Å²) >= 11 is 0. The smallest absolute Gasteiger partial charge is 0.352 e. The van der Waals surface area contributed by atoms with Crippen molar-refractivity contribution >= 4 is 5.97 Å². The zero-order chi connectivity index (χ0) is 11.4. The van der Waals surface area contributed by atoms with Crippen LogP contribution in [0.3, 0.4) is 0 Å². The quantitative estimate of drug-likeness (QED) is 0.608. The van der Waals surface area contributed by atoms with E-state index in [9.17, 15) is 4.79 Å². The van der Waals surface area contributed by atoms with Gasteiger partial charge in [0.1, 0.15) is 0 Å². The molecule has 1 rings (SSSR count). The summed E-state index contributed by atoms with van der Waals surface area (Å²) in [6.45, 7) is 4.86. The molecule has 0 bridgehead atoms. The van der Waals surface area contributed by atoms with Crippen molar-refractivity contribution in [3.05, 3.63) is 28.8 Å². The fourth-order valence-corrected chi connectivity index (χ4v) is 1.34. The molecule has 82 valence electrons. The van der Waals surface area contributed by atoms with E-state index in [0.29, 0.717) is 11.3 Å². The average Bonchev–Trinajstić information content (AvgIpc) is 2.13. The SMILES string of the molecule is CC(=O)OOc1cc(C)cc(C)c1CO. The van der Waals surface area contributed by atoms with E-state index in [1.807, 2.05) is 19.9 Å². The molecule has 0 atom stereocenters. The van der Waals surface area contributed by atoms with Gasteiger partial charge in [0.05, 0.1) is 6.61 Å². The molecule has 4 nitrogen and oxygen atoms in total. The molecule has 1 aromatic carbocycles. The van der Waals surface area contributed by atoms with Gasteiger partial charge in [0.2, 0.25) is 0 Å². The number of aryl methyl sites for hydroxylation is 2. The molecule has 0 aliphatic carbocycles. The lowest BCUT2D eigenvalue weighted by Crippen LogP contribution is -2.06. The van der Waals surface area contributed by atoms with Crippen LogP contribution in [0.4, 0.5) is 0 Å². The second kappa shape index (κ2) is 4.79. The molecule has 0 amide bonds. The van der Waals surface area contributed by atoms with E-state index < -0.39 is 5.97 Å². The largest absolute Gasteiger partial charge is 0.392 e. The molecular weight excluding hydrogens is 196 g/mol. The minimum Gasteiger partial charge on any atom is -0.392 e. The van der Waals surface area contributed by atoms with Gasteiger partial charge in [0.15, 0.2) is 5.75 Å². The Bertz CT molecular complexity index is 371. The van der Waals surface area contributed by atoms with Crippen molar-refractivity contribution in [2.24, 2.45) is 0 Å². The molecule has 1 N–H and O–H groups in total. The lowest BCUT2D eigenvalue weighted by molar-refractivity contribution is -0.211. The Hall–Kier alpha value is -1.55. The van der Waals surface area contributed by atoms with Crippen molar-refractivity contribution in [3.8, 4) is 5.75 Å². The number of hydrogen-bond donors (Lipinski definition) is 1. The average molecular weight is 210 g/mol. The van der Waals surface area contributed by atoms with E-state index >= 15 is 0 Å². The number of carbonyl (C=O) groups is 1. The van der Waals surface area contributed by atoms with Crippen molar-refractivity contribution in [2.75, 3.05) is 0 Å². The first kappa shape index (κ1) is 11.5. The maximum absolute atomic E-state index is 10.6. The molecule has 0 radical (unpaired) electrons. The maximum atomic E-state index is 10.6. The van der Waals surface area contributed by atoms with Crippen LogP contribution in [0.1, 0.15) is 23.6 Å². The van der Waals surface area contributed by atoms with E-state index in [2.05, 4.69) is 4.89 Å². The summed E-state index contributed by atoms with van der Waals surface area (Å²) < 4.78 is 0. The highest BCUT2D eigenvalue weighted by atomic mass is 17.2. The summed E-state index contributed by atoms with van der Waals surface area (Å²) in [6.07, 6.45) is 0. The Morgan fingerprint density at radius 1 is 1.40 bits per heavy atom. The first-order valence-electron chi connectivity index (χ1n) is 4.60. The maximum Gasteiger partial charge on any atom is 0.352 e. The molecule has 0 aromatic heterocycles. The standard InChI is InChI=1S/C11H14O4/c1-7-4-8(2)10(6-12)11(5-7)15-14-9(3)13/h4-5,12H,6H2,1-3H3. The van der Waals surface area contributed by atoms with Crippen LogP contribution < -0.4 is 4.89 Å². The summed E-state index contributed by atoms with van der Waals surface area (Å²) in [5, 5.41) is 9.13. The Kier molecular flexibility index (Phi) is 3.68. The van der Waals surface area contributed by atoms with E-state index in [-0.39, 0.29) is 6.61 Å². The number of hydrogen-bond acceptors (Lipinski definition) is 4. The molecule has 0 spiro atoms. The number of aliphatic hydroxyl groups excluding tert-OH is 1. The molecule has 0 aliphatic heterocycles. The van der Waals surface area contributed by atoms with Crippen molar-refractivity contribution < 1.29 is 19.7 Å². The summed E-state index contributed by atoms with van der Waals surface area (Å²) in [5.74, 6) is -0.150. The highest BCUT2D eigenvalue weighted by molar-refractivity contribution is 5.65. The van der Waals surface area contributed by atoms with Gasteiger partial charge in [0, 0.05) is 12.5 Å². The van der Waals surface area contributed by atoms with Gasteiger partial charge in [0.25, 0.3) is 0 Å². The van der Waals surface area contributed by atoms with Crippen LogP contribution in [0.15, 0.2) is 12.1 Å². The lowest BCUT2D eigenvalue weighted by Gasteiger charge is -2.10. The highest BCUT2D eigenvalue weighted by Gasteiger charge is 2.09. The Balaban J connectivity index is 2.98. The number of carbonyl (C=O) groups excluding carboxylic acids is 1. The van der Waals surface area contributed by atoms with Crippen molar-refractivity contribution in [1.29, 1.82) is 0 Å². The molecule has 15 heavy (non-hydrogen) atoms. The summed E-state index contributed by atoms with van der Waals surface area (Å²) in [5.41, 5.74) is 2.51. The van der Waals surface area contributed by atoms with Crippen molar-refractivity contribution in [1.82, 2.24) is 0 Å². The van der Waals surface area contributed by atoms with Crippen LogP contribution in [-0.4, -0.2) is 11.1 Å². The number of benzene rings is 1. The molecular formula is C11H14O4. The van der Waals surface area contributed by atoms with Crippen LogP contribution in [-0.2, 0) is 16.3 Å². The van der Waals surface area contributed by atoms with Gasteiger partial charge < -0.3 is 5.11 Å². The fraction of sp³-hybridized carbons (Fsp3) is 0.364. The topological polar surface area (TPSA) is 55.8 Å². The predicted molar refractivity (Wildman–Crippen MR) is 54.2 cm³/mol. The van der Waals surface area contributed by atoms with Crippen molar-refractivity contribution in [3.63, 3.8) is 0 Å². The molecule has 0 fully saturated rings. The molecule has 0 heterocycles. The molecule has 0 saturated heterocycles. The lowest BCUT2D eigenvalue weighted by atomic mass is 10.1. The first-order valence-corrected chi connectivity index (χ1v) is 4.60. The Morgan fingerprint density at radius 3 is 2.60 bits per heavy atom. The second-order valence-electron chi connectivity index (χ2n) is 3.37. The summed E-state index contributed by atoms with van der Waals surface area (Å²) in [6, 6.07) is 3.63. The third kappa shape index (κ3) is 2.95. The van der Waals surface area contributed by atoms with Gasteiger partial charge in [-0.15, -0.1) is 0 Å². The van der Waals surface area contributed by atoms with Crippen LogP contribution >= 0.6 is 0 Å². The zero-order valence-corrected chi connectivity index (χ0v) is 9.03. The van der Waals surface area contributed by atoms with Crippen LogP contribution in [0.25, 0.3) is 0 Å². The zero-order valence-electron chi connectivity index (χ0n) is 9.03. The minimum absolute atomic E-state index is 0.150. The predicted octanol–water partition coefficient (Wildman–Crippen LogP) is 1.65. The number of aliphatic hydroxyl groups is 1. The van der Waals surface area contributed by atoms with Gasteiger partial charge >= 0.3 is 5.97 Å². The number of rotatable bonds is 3. The highest BCUT2D eigenvalue weighted by Crippen LogP contribution is 2.24. The van der Waals surface area contributed by atoms with Crippen LogP contribution in [0.2, 0.25) is 0 Å². The van der Waals surface area contributed by atoms with E-state index in [1.54, 1.807) is 6.07 Å². The third-order valence-electron chi connectivity index (χ3n) is 1.98. The van der Waals surface area contributed by atoms with Crippen molar-refractivity contribution in [2.45, 2.75) is 27.4 Å². The van der Waals surface area contributed by atoms with Gasteiger partial charge in [-0.05, 0) is 31.0 Å². The molecule has 0 unspecified atom stereocenters. The minimum atomic E-state index is -0.530. The van der Waals surface area contributed by atoms with Gasteiger partial charge in [-0.25, -0.2) is 4.79 Å². The van der Waals surface area contributed by atoms with E-state index in [0.717, 1.165) is 11.1 Å². The molecule has 4 heteroatoms. The fourth-order valence-electron chi connectivity index (χ4n) is 1.34. The summed E-state index contributed by atoms with van der Waals surface area (Å²) in [7, 11) is 0. The second-order valence-corrected chi connectivity index (χ2v) is 3.37. The summed E-state index contributed by atoms with van der Waals surface area (Å²) in [4.78, 5) is 19.8. The van der Waals surface area contributed by atoms with Gasteiger partial charge in [-0.2, -0.15) is 0 Å². The molecule has 0 aliphatic rings. The van der Waals surface area contributed by atoms with Crippen LogP contribution in [0, 0.1) is 13.8 Å². The monoisotopic (exact) mass is 210 g/mol. The Labute approximate surface area is 88.4 Å². The Morgan fingerprint density at radius 2 is 2.07 bits per heavy atom. The first-order chi connectivity index (χ1) is 7.04. The molecule has 1 aromatic rings. The van der Waals surface area contributed by atoms with Gasteiger partial charge in [-0.1, -0.05) is 6.07 Å². The van der Waals surface area contributed by atoms with E-state index in [1.165, 1.54) is 6.92 Å². The van der Waals surface area contributed by atoms with Gasteiger partial charge in [-0.3, -0.25) is 9.78 Å².